The fourth-order valence-electron chi connectivity index (χ4n) is 1.70. The van der Waals surface area contributed by atoms with Crippen LogP contribution >= 0.6 is 0 Å². The van der Waals surface area contributed by atoms with Gasteiger partial charge in [-0.25, -0.2) is 4.79 Å². The molecule has 0 saturated heterocycles. The van der Waals surface area contributed by atoms with Gasteiger partial charge in [0.05, 0.1) is 6.20 Å². The van der Waals surface area contributed by atoms with Crippen molar-refractivity contribution < 1.29 is 14.7 Å². The number of carboxylic acids is 1. The molecule has 8 heteroatoms. The highest BCUT2D eigenvalue weighted by Crippen LogP contribution is 2.19. The lowest BCUT2D eigenvalue weighted by atomic mass is 10.1. The van der Waals surface area contributed by atoms with Crippen LogP contribution in [0.4, 0.5) is 5.69 Å². The van der Waals surface area contributed by atoms with E-state index < -0.39 is 17.9 Å². The van der Waals surface area contributed by atoms with Crippen molar-refractivity contribution in [2.75, 3.05) is 5.32 Å². The van der Waals surface area contributed by atoms with Crippen LogP contribution in [0.15, 0.2) is 30.7 Å². The second-order valence-corrected chi connectivity index (χ2v) is 4.16. The molecular formula is C12H13N5O3. The van der Waals surface area contributed by atoms with E-state index in [1.807, 2.05) is 0 Å². The monoisotopic (exact) mass is 275 g/mol. The molecule has 0 aromatic carbocycles. The molecule has 8 nitrogen and oxygen atoms in total. The Bertz CT molecular complexity index is 652. The van der Waals surface area contributed by atoms with Gasteiger partial charge in [0.25, 0.3) is 5.91 Å². The maximum atomic E-state index is 11.3. The summed E-state index contributed by atoms with van der Waals surface area (Å²) < 4.78 is 1.51. The van der Waals surface area contributed by atoms with Gasteiger partial charge in [-0.1, -0.05) is 0 Å². The van der Waals surface area contributed by atoms with Crippen molar-refractivity contribution in [2.45, 2.75) is 6.04 Å². The van der Waals surface area contributed by atoms with Crippen LogP contribution in [0.1, 0.15) is 22.1 Å². The van der Waals surface area contributed by atoms with Gasteiger partial charge in [-0.15, -0.1) is 0 Å². The second-order valence-electron chi connectivity index (χ2n) is 4.16. The van der Waals surface area contributed by atoms with Crippen molar-refractivity contribution in [3.63, 3.8) is 0 Å². The molecule has 2 aromatic heterocycles. The van der Waals surface area contributed by atoms with Crippen LogP contribution in [0.2, 0.25) is 0 Å². The van der Waals surface area contributed by atoms with Gasteiger partial charge in [0.15, 0.2) is 6.04 Å². The molecule has 0 radical (unpaired) electrons. The minimum absolute atomic E-state index is 0.0605. The highest BCUT2D eigenvalue weighted by molar-refractivity contribution is 5.91. The molecule has 1 unspecified atom stereocenters. The van der Waals surface area contributed by atoms with E-state index in [9.17, 15) is 14.7 Å². The first-order chi connectivity index (χ1) is 9.47. The Kier molecular flexibility index (Phi) is 3.65. The summed E-state index contributed by atoms with van der Waals surface area (Å²) >= 11 is 0. The van der Waals surface area contributed by atoms with Crippen molar-refractivity contribution in [3.05, 3.63) is 42.0 Å². The molecular weight excluding hydrogens is 262 g/mol. The summed E-state index contributed by atoms with van der Waals surface area (Å²) in [6.45, 7) is 0. The maximum absolute atomic E-state index is 11.3. The lowest BCUT2D eigenvalue weighted by Gasteiger charge is -2.14. The topological polar surface area (TPSA) is 123 Å². The molecule has 1 atom stereocenters. The summed E-state index contributed by atoms with van der Waals surface area (Å²) in [7, 11) is 1.69. The number of rotatable bonds is 5. The summed E-state index contributed by atoms with van der Waals surface area (Å²) in [6, 6.07) is 1.97. The molecule has 0 fully saturated rings. The number of hydrogen-bond donors (Lipinski definition) is 3. The van der Waals surface area contributed by atoms with Gasteiger partial charge in [-0.05, 0) is 12.1 Å². The van der Waals surface area contributed by atoms with Gasteiger partial charge < -0.3 is 16.2 Å². The number of amides is 1. The first-order valence-corrected chi connectivity index (χ1v) is 5.71. The Balaban J connectivity index is 2.27. The fraction of sp³-hybridized carbons (Fsp3) is 0.167. The van der Waals surface area contributed by atoms with E-state index in [1.54, 1.807) is 19.3 Å². The lowest BCUT2D eigenvalue weighted by molar-refractivity contribution is -0.138. The van der Waals surface area contributed by atoms with E-state index in [0.717, 1.165) is 0 Å². The zero-order valence-electron chi connectivity index (χ0n) is 10.6. The van der Waals surface area contributed by atoms with Crippen LogP contribution in [0.25, 0.3) is 0 Å². The van der Waals surface area contributed by atoms with Crippen LogP contribution in [-0.4, -0.2) is 31.7 Å². The molecule has 1 amide bonds. The van der Waals surface area contributed by atoms with Crippen molar-refractivity contribution >= 4 is 17.6 Å². The number of nitrogens with zero attached hydrogens (tertiary/aromatic N) is 3. The lowest BCUT2D eigenvalue weighted by Crippen LogP contribution is -2.21. The summed E-state index contributed by atoms with van der Waals surface area (Å²) in [6.07, 6.45) is 4.44. The number of carboxylic acid groups (broad SMARTS) is 1. The van der Waals surface area contributed by atoms with Crippen molar-refractivity contribution in [1.82, 2.24) is 14.8 Å². The van der Waals surface area contributed by atoms with E-state index in [1.165, 1.54) is 23.1 Å². The molecule has 0 spiro atoms. The largest absolute Gasteiger partial charge is 0.479 e. The van der Waals surface area contributed by atoms with Crippen LogP contribution < -0.4 is 11.1 Å². The SMILES string of the molecule is Cn1cc(C(Nc2ccnc(C(N)=O)c2)C(=O)O)cn1. The molecule has 0 bridgehead atoms. The van der Waals surface area contributed by atoms with E-state index in [-0.39, 0.29) is 5.69 Å². The minimum atomic E-state index is -1.06. The van der Waals surface area contributed by atoms with Crippen molar-refractivity contribution in [3.8, 4) is 0 Å². The third kappa shape index (κ3) is 2.91. The van der Waals surface area contributed by atoms with Crippen LogP contribution in [0.5, 0.6) is 0 Å². The normalized spacial score (nSPS) is 11.8. The summed E-state index contributed by atoms with van der Waals surface area (Å²) in [5.41, 5.74) is 6.12. The predicted octanol–water partition coefficient (Wildman–Crippen LogP) is 0.152. The third-order valence-corrected chi connectivity index (χ3v) is 2.63. The molecule has 0 aliphatic rings. The van der Waals surface area contributed by atoms with Gasteiger partial charge in [-0.3, -0.25) is 14.5 Å². The Morgan fingerprint density at radius 3 is 2.80 bits per heavy atom. The molecule has 0 aliphatic heterocycles. The van der Waals surface area contributed by atoms with Gasteiger partial charge >= 0.3 is 5.97 Å². The molecule has 0 saturated carbocycles. The number of aryl methyl sites for hydroxylation is 1. The predicted molar refractivity (Wildman–Crippen MR) is 70.0 cm³/mol. The number of nitrogens with one attached hydrogen (secondary N) is 1. The quantitative estimate of drug-likeness (QED) is 0.713. The van der Waals surface area contributed by atoms with E-state index in [4.69, 9.17) is 5.73 Å². The Hall–Kier alpha value is -2.90. The van der Waals surface area contributed by atoms with Crippen LogP contribution in [-0.2, 0) is 11.8 Å². The Morgan fingerprint density at radius 1 is 1.50 bits per heavy atom. The number of anilines is 1. The number of aliphatic carboxylic acids is 1. The summed E-state index contributed by atoms with van der Waals surface area (Å²) in [5, 5.41) is 16.0. The van der Waals surface area contributed by atoms with E-state index >= 15 is 0 Å². The molecule has 104 valence electrons. The average Bonchev–Trinajstić information content (AvgIpc) is 2.82. The van der Waals surface area contributed by atoms with Gasteiger partial charge in [0.1, 0.15) is 5.69 Å². The number of pyridine rings is 1. The highest BCUT2D eigenvalue weighted by atomic mass is 16.4. The second kappa shape index (κ2) is 5.39. The standard InChI is InChI=1S/C12H13N5O3/c1-17-6-7(5-15-17)10(12(19)20)16-8-2-3-14-9(4-8)11(13)18/h2-6,10H,1H3,(H2,13,18)(H,14,16)(H,19,20). The Morgan fingerprint density at radius 2 is 2.25 bits per heavy atom. The molecule has 4 N–H and O–H groups in total. The summed E-state index contributed by atoms with van der Waals surface area (Å²) in [4.78, 5) is 26.2. The van der Waals surface area contributed by atoms with Crippen LogP contribution in [0.3, 0.4) is 0 Å². The van der Waals surface area contributed by atoms with Gasteiger partial charge in [0.2, 0.25) is 0 Å². The molecule has 2 rings (SSSR count). The zero-order valence-corrected chi connectivity index (χ0v) is 10.6. The number of primary amides is 1. The van der Waals surface area contributed by atoms with Crippen molar-refractivity contribution in [1.29, 1.82) is 0 Å². The zero-order chi connectivity index (χ0) is 14.7. The fourth-order valence-corrected chi connectivity index (χ4v) is 1.70. The molecule has 2 heterocycles. The van der Waals surface area contributed by atoms with E-state index in [0.29, 0.717) is 11.3 Å². The Labute approximate surface area is 114 Å². The van der Waals surface area contributed by atoms with Gasteiger partial charge in [0, 0.05) is 30.7 Å². The van der Waals surface area contributed by atoms with E-state index in [2.05, 4.69) is 15.4 Å². The van der Waals surface area contributed by atoms with Crippen molar-refractivity contribution in [2.24, 2.45) is 12.8 Å². The molecule has 20 heavy (non-hydrogen) atoms. The highest BCUT2D eigenvalue weighted by Gasteiger charge is 2.21. The third-order valence-electron chi connectivity index (χ3n) is 2.63. The molecule has 2 aromatic rings. The maximum Gasteiger partial charge on any atom is 0.330 e. The first-order valence-electron chi connectivity index (χ1n) is 5.71. The number of nitrogens with two attached hydrogens (primary N) is 1. The number of carbonyl (C=O) groups excluding carboxylic acids is 1. The van der Waals surface area contributed by atoms with Crippen LogP contribution in [0, 0.1) is 0 Å². The summed E-state index contributed by atoms with van der Waals surface area (Å²) in [5.74, 6) is -1.74. The first kappa shape index (κ1) is 13.5. The number of aromatic nitrogens is 3. The number of carbonyl (C=O) groups is 2. The van der Waals surface area contributed by atoms with Gasteiger partial charge in [-0.2, -0.15) is 5.10 Å². The average molecular weight is 275 g/mol. The smallest absolute Gasteiger partial charge is 0.330 e. The molecule has 0 aliphatic carbocycles. The number of hydrogen-bond acceptors (Lipinski definition) is 5. The minimum Gasteiger partial charge on any atom is -0.479 e.